The summed E-state index contributed by atoms with van der Waals surface area (Å²) in [5.74, 6) is 1.42. The van der Waals surface area contributed by atoms with E-state index in [9.17, 15) is 4.79 Å². The summed E-state index contributed by atoms with van der Waals surface area (Å²) in [7, 11) is 2.16. The lowest BCUT2D eigenvalue weighted by Crippen LogP contribution is -2.35. The van der Waals surface area contributed by atoms with Crippen molar-refractivity contribution >= 4 is 22.6 Å². The molecule has 2 aromatic carbocycles. The Morgan fingerprint density at radius 1 is 1.19 bits per heavy atom. The van der Waals surface area contributed by atoms with Gasteiger partial charge in [-0.3, -0.25) is 4.79 Å². The van der Waals surface area contributed by atoms with Crippen LogP contribution in [0.1, 0.15) is 30.4 Å². The minimum atomic E-state index is -0.00824. The summed E-state index contributed by atoms with van der Waals surface area (Å²) in [4.78, 5) is 15.3. The summed E-state index contributed by atoms with van der Waals surface area (Å²) in [6.45, 7) is 6.35. The first-order valence-electron chi connectivity index (χ1n) is 9.46. The number of rotatable bonds is 2. The summed E-state index contributed by atoms with van der Waals surface area (Å²) in [6, 6.07) is 13.2. The molecule has 0 spiro atoms. The van der Waals surface area contributed by atoms with Crippen LogP contribution in [-0.2, 0) is 0 Å². The molecule has 3 nitrogen and oxygen atoms in total. The molecule has 27 heavy (non-hydrogen) atoms. The molecule has 140 valence electrons. The first-order valence-corrected chi connectivity index (χ1v) is 9.84. The average Bonchev–Trinajstić information content (AvgIpc) is 2.63. The smallest absolute Gasteiger partial charge is 0.193 e. The Labute approximate surface area is 164 Å². The number of fused-ring (bicyclic) bond motifs is 1. The quantitative estimate of drug-likeness (QED) is 0.589. The van der Waals surface area contributed by atoms with Crippen LogP contribution in [0.2, 0.25) is 5.02 Å². The molecule has 1 aromatic heterocycles. The van der Waals surface area contributed by atoms with E-state index in [1.807, 2.05) is 31.2 Å². The maximum atomic E-state index is 13.0. The van der Waals surface area contributed by atoms with Gasteiger partial charge in [0, 0.05) is 18.2 Å². The van der Waals surface area contributed by atoms with Crippen molar-refractivity contribution in [2.75, 3.05) is 20.1 Å². The monoisotopic (exact) mass is 381 g/mol. The summed E-state index contributed by atoms with van der Waals surface area (Å²) in [5, 5.41) is 1.27. The van der Waals surface area contributed by atoms with Crippen LogP contribution in [0, 0.1) is 12.8 Å². The van der Waals surface area contributed by atoms with Crippen LogP contribution in [-0.4, -0.2) is 25.0 Å². The van der Waals surface area contributed by atoms with E-state index in [2.05, 4.69) is 31.0 Å². The Hall–Kier alpha value is -2.10. The van der Waals surface area contributed by atoms with Crippen LogP contribution in [0.3, 0.4) is 0 Å². The van der Waals surface area contributed by atoms with Gasteiger partial charge in [0.25, 0.3) is 0 Å². The lowest BCUT2D eigenvalue weighted by molar-refractivity contribution is 0.196. The molecular weight excluding hydrogens is 358 g/mol. The van der Waals surface area contributed by atoms with Crippen LogP contribution in [0.4, 0.5) is 0 Å². The van der Waals surface area contributed by atoms with Crippen molar-refractivity contribution in [3.63, 3.8) is 0 Å². The van der Waals surface area contributed by atoms with Gasteiger partial charge in [-0.05, 0) is 62.0 Å². The molecule has 1 aliphatic heterocycles. The number of piperidine rings is 1. The number of halogens is 1. The highest BCUT2D eigenvalue weighted by molar-refractivity contribution is 6.33. The molecule has 0 radical (unpaired) electrons. The van der Waals surface area contributed by atoms with E-state index in [1.54, 1.807) is 6.07 Å². The molecule has 4 heteroatoms. The fourth-order valence-corrected chi connectivity index (χ4v) is 4.57. The van der Waals surface area contributed by atoms with E-state index >= 15 is 0 Å². The van der Waals surface area contributed by atoms with Gasteiger partial charge >= 0.3 is 0 Å². The SMILES string of the molecule is Cc1ccc([C@H]2CCN(C)C[C@H]2C)c2oc(-c3ccccc3Cl)cc(=O)c12. The molecule has 4 rings (SSSR count). The Kier molecular flexibility index (Phi) is 4.83. The van der Waals surface area contributed by atoms with Crippen molar-refractivity contribution in [2.45, 2.75) is 26.2 Å². The first-order chi connectivity index (χ1) is 13.0. The highest BCUT2D eigenvalue weighted by atomic mass is 35.5. The largest absolute Gasteiger partial charge is 0.455 e. The third-order valence-corrected chi connectivity index (χ3v) is 6.09. The van der Waals surface area contributed by atoms with Crippen molar-refractivity contribution in [3.05, 3.63) is 68.8 Å². The average molecular weight is 382 g/mol. The predicted molar refractivity (Wildman–Crippen MR) is 112 cm³/mol. The lowest BCUT2D eigenvalue weighted by Gasteiger charge is -2.35. The van der Waals surface area contributed by atoms with E-state index < -0.39 is 0 Å². The molecule has 0 aliphatic carbocycles. The minimum Gasteiger partial charge on any atom is -0.455 e. The molecule has 0 unspecified atom stereocenters. The minimum absolute atomic E-state index is 0.00824. The zero-order valence-electron chi connectivity index (χ0n) is 16.0. The summed E-state index contributed by atoms with van der Waals surface area (Å²) in [5.41, 5.74) is 3.56. The van der Waals surface area contributed by atoms with E-state index in [0.29, 0.717) is 28.0 Å². The van der Waals surface area contributed by atoms with Crippen LogP contribution in [0.5, 0.6) is 0 Å². The van der Waals surface area contributed by atoms with Crippen molar-refractivity contribution in [2.24, 2.45) is 5.92 Å². The van der Waals surface area contributed by atoms with E-state index in [-0.39, 0.29) is 5.43 Å². The molecular formula is C23H24ClNO2. The second kappa shape index (κ2) is 7.14. The maximum Gasteiger partial charge on any atom is 0.193 e. The molecule has 1 fully saturated rings. The molecule has 3 aromatic rings. The van der Waals surface area contributed by atoms with Gasteiger partial charge in [0.05, 0.1) is 10.4 Å². The molecule has 0 amide bonds. The van der Waals surface area contributed by atoms with Gasteiger partial charge in [-0.15, -0.1) is 0 Å². The van der Waals surface area contributed by atoms with E-state index in [0.717, 1.165) is 41.8 Å². The van der Waals surface area contributed by atoms with Crippen LogP contribution in [0.25, 0.3) is 22.3 Å². The number of aryl methyl sites for hydroxylation is 1. The zero-order chi connectivity index (χ0) is 19.1. The van der Waals surface area contributed by atoms with Gasteiger partial charge in [-0.1, -0.05) is 42.8 Å². The van der Waals surface area contributed by atoms with Gasteiger partial charge in [-0.25, -0.2) is 0 Å². The summed E-state index contributed by atoms with van der Waals surface area (Å²) in [6.07, 6.45) is 1.07. The first kappa shape index (κ1) is 18.3. The second-order valence-corrected chi connectivity index (χ2v) is 8.17. The molecule has 1 saturated heterocycles. The number of hydrogen-bond donors (Lipinski definition) is 0. The highest BCUT2D eigenvalue weighted by Crippen LogP contribution is 2.38. The molecule has 0 bridgehead atoms. The molecule has 2 heterocycles. The van der Waals surface area contributed by atoms with Crippen molar-refractivity contribution in [1.82, 2.24) is 4.90 Å². The summed E-state index contributed by atoms with van der Waals surface area (Å²) >= 11 is 6.35. The highest BCUT2D eigenvalue weighted by Gasteiger charge is 2.28. The van der Waals surface area contributed by atoms with Gasteiger partial charge in [-0.2, -0.15) is 0 Å². The Bertz CT molecular complexity index is 1060. The molecule has 2 atom stereocenters. The topological polar surface area (TPSA) is 33.5 Å². The van der Waals surface area contributed by atoms with Gasteiger partial charge < -0.3 is 9.32 Å². The fraction of sp³-hybridized carbons (Fsp3) is 0.348. The van der Waals surface area contributed by atoms with Crippen LogP contribution >= 0.6 is 11.6 Å². The second-order valence-electron chi connectivity index (χ2n) is 7.77. The van der Waals surface area contributed by atoms with Gasteiger partial charge in [0.1, 0.15) is 11.3 Å². The van der Waals surface area contributed by atoms with Crippen molar-refractivity contribution in [1.29, 1.82) is 0 Å². The number of nitrogens with zero attached hydrogens (tertiary/aromatic N) is 1. The summed E-state index contributed by atoms with van der Waals surface area (Å²) < 4.78 is 6.35. The number of benzene rings is 2. The predicted octanol–water partition coefficient (Wildman–Crippen LogP) is 5.48. The molecule has 0 N–H and O–H groups in total. The Balaban J connectivity index is 1.94. The van der Waals surface area contributed by atoms with Crippen molar-refractivity contribution < 1.29 is 4.42 Å². The fourth-order valence-electron chi connectivity index (χ4n) is 4.35. The zero-order valence-corrected chi connectivity index (χ0v) is 16.7. The lowest BCUT2D eigenvalue weighted by atomic mass is 9.80. The normalized spacial score (nSPS) is 20.9. The number of likely N-dealkylation sites (tertiary alicyclic amines) is 1. The third kappa shape index (κ3) is 3.30. The van der Waals surface area contributed by atoms with E-state index in [4.69, 9.17) is 16.0 Å². The standard InChI is InChI=1S/C23H24ClNO2/c1-14-8-9-17(16-10-11-25(3)13-15(16)2)23-22(14)20(26)12-21(27-23)18-6-4-5-7-19(18)24/h4-9,12,15-16H,10-11,13H2,1-3H3/t15-,16+/m1/s1. The third-order valence-electron chi connectivity index (χ3n) is 5.76. The molecule has 0 saturated carbocycles. The van der Waals surface area contributed by atoms with Crippen LogP contribution < -0.4 is 5.43 Å². The molecule has 1 aliphatic rings. The Morgan fingerprint density at radius 3 is 2.70 bits per heavy atom. The number of hydrogen-bond acceptors (Lipinski definition) is 3. The van der Waals surface area contributed by atoms with E-state index in [1.165, 1.54) is 0 Å². The van der Waals surface area contributed by atoms with Crippen molar-refractivity contribution in [3.8, 4) is 11.3 Å². The van der Waals surface area contributed by atoms with Gasteiger partial charge in [0.2, 0.25) is 0 Å². The van der Waals surface area contributed by atoms with Crippen LogP contribution in [0.15, 0.2) is 51.7 Å². The Morgan fingerprint density at radius 2 is 1.96 bits per heavy atom. The maximum absolute atomic E-state index is 13.0. The van der Waals surface area contributed by atoms with Gasteiger partial charge in [0.15, 0.2) is 5.43 Å².